The van der Waals surface area contributed by atoms with Crippen molar-refractivity contribution >= 4 is 40.9 Å². The van der Waals surface area contributed by atoms with Crippen molar-refractivity contribution in [3.05, 3.63) is 73.7 Å². The van der Waals surface area contributed by atoms with Gasteiger partial charge in [0.15, 0.2) is 12.0 Å². The van der Waals surface area contributed by atoms with E-state index < -0.39 is 35.0 Å². The summed E-state index contributed by atoms with van der Waals surface area (Å²) >= 11 is 1.76. The van der Waals surface area contributed by atoms with Crippen molar-refractivity contribution in [2.45, 2.75) is 50.1 Å². The Bertz CT molecular complexity index is 1460. The van der Waals surface area contributed by atoms with Gasteiger partial charge in [-0.25, -0.2) is 9.18 Å². The number of halogens is 1. The molecule has 0 aliphatic carbocycles. The molecule has 10 nitrogen and oxygen atoms in total. The Morgan fingerprint density at radius 3 is 2.62 bits per heavy atom. The van der Waals surface area contributed by atoms with E-state index in [0.29, 0.717) is 18.6 Å². The topological polar surface area (TPSA) is 127 Å². The monoisotopic (exact) mass is 557 g/mol. The lowest BCUT2D eigenvalue weighted by molar-refractivity contribution is -0.0147. The summed E-state index contributed by atoms with van der Waals surface area (Å²) < 4.78 is 31.1. The third-order valence-corrected chi connectivity index (χ3v) is 8.42. The van der Waals surface area contributed by atoms with Crippen molar-refractivity contribution in [2.24, 2.45) is 0 Å². The van der Waals surface area contributed by atoms with Crippen LogP contribution in [0.5, 0.6) is 0 Å². The van der Waals surface area contributed by atoms with E-state index in [-0.39, 0.29) is 40.5 Å². The fourth-order valence-electron chi connectivity index (χ4n) is 4.97. The summed E-state index contributed by atoms with van der Waals surface area (Å²) in [5.74, 6) is 0.795. The number of ether oxygens (including phenoxy) is 2. The second-order valence-corrected chi connectivity index (χ2v) is 10.8. The van der Waals surface area contributed by atoms with Crippen LogP contribution in [-0.2, 0) is 9.47 Å². The third kappa shape index (κ3) is 5.25. The highest BCUT2D eigenvalue weighted by atomic mass is 32.2. The first-order valence-electron chi connectivity index (χ1n) is 12.7. The summed E-state index contributed by atoms with van der Waals surface area (Å²) in [5.41, 5.74) is -1.92. The number of furan rings is 1. The minimum absolute atomic E-state index is 0.0498. The molecule has 2 saturated heterocycles. The standard InChI is InChI=1S/C27H28FN3O7S/c1-14-10-11-17(37-14)21(18-8-5-13-39-18)30-23-22(24(32)25(23)33)29-16-7-3-6-15(20(16)28)26(34)31-12-4-9-19(31)38-27(35)36-2/h3,6-7,10-11,18-19,21,29-30H,4-5,8-9,12-13H2,1-2H3/t18-,19?,21?/m0/s1. The molecular weight excluding hydrogens is 529 g/mol. The lowest BCUT2D eigenvalue weighted by Crippen LogP contribution is -2.39. The molecule has 2 unspecified atom stereocenters. The molecule has 39 heavy (non-hydrogen) atoms. The van der Waals surface area contributed by atoms with Crippen molar-refractivity contribution in [1.82, 2.24) is 4.90 Å². The van der Waals surface area contributed by atoms with Crippen LogP contribution in [0.4, 0.5) is 26.2 Å². The molecule has 2 aliphatic heterocycles. The fraction of sp³-hybridized carbons (Fsp3) is 0.407. The van der Waals surface area contributed by atoms with Crippen molar-refractivity contribution in [3.63, 3.8) is 0 Å². The maximum absolute atomic E-state index is 15.6. The van der Waals surface area contributed by atoms with Gasteiger partial charge in [0, 0.05) is 18.2 Å². The van der Waals surface area contributed by atoms with Gasteiger partial charge in [0.2, 0.25) is 0 Å². The molecule has 2 aromatic carbocycles. The van der Waals surface area contributed by atoms with E-state index >= 15 is 4.39 Å². The zero-order valence-corrected chi connectivity index (χ0v) is 22.3. The minimum atomic E-state index is -0.935. The molecule has 1 aromatic heterocycles. The van der Waals surface area contributed by atoms with Gasteiger partial charge in [0.1, 0.15) is 22.9 Å². The quantitative estimate of drug-likeness (QED) is 0.303. The van der Waals surface area contributed by atoms with Gasteiger partial charge in [-0.3, -0.25) is 14.4 Å². The summed E-state index contributed by atoms with van der Waals surface area (Å²) in [4.78, 5) is 51.1. The van der Waals surface area contributed by atoms with E-state index in [9.17, 15) is 19.2 Å². The van der Waals surface area contributed by atoms with Crippen LogP contribution in [-0.4, -0.2) is 47.8 Å². The molecule has 0 radical (unpaired) electrons. The number of anilines is 3. The molecule has 0 bridgehead atoms. The zero-order valence-electron chi connectivity index (χ0n) is 21.5. The number of nitrogens with one attached hydrogen (secondary N) is 2. The third-order valence-electron chi connectivity index (χ3n) is 6.96. The molecule has 206 valence electrons. The van der Waals surface area contributed by atoms with Crippen LogP contribution in [0.25, 0.3) is 0 Å². The molecule has 12 heteroatoms. The molecule has 5 rings (SSSR count). The Labute approximate surface area is 227 Å². The Hall–Kier alpha value is -3.80. The Morgan fingerprint density at radius 1 is 1.13 bits per heavy atom. The summed E-state index contributed by atoms with van der Waals surface area (Å²) in [5, 5.41) is 6.04. The van der Waals surface area contributed by atoms with Crippen molar-refractivity contribution in [2.75, 3.05) is 30.0 Å². The normalized spacial score (nSPS) is 19.7. The molecule has 0 spiro atoms. The SMILES string of the molecule is COC(=O)OC1CCCN1C(=O)c1cccc(Nc2c(NC(c3ccc(C)o3)[C@@H]3CCCS3)c(=O)c2=O)c1F. The number of hydrogen-bond acceptors (Lipinski definition) is 10. The molecule has 1 amide bonds. The highest BCUT2D eigenvalue weighted by Crippen LogP contribution is 2.39. The summed E-state index contributed by atoms with van der Waals surface area (Å²) in [6.45, 7) is 2.10. The fourth-order valence-corrected chi connectivity index (χ4v) is 6.33. The second-order valence-electron chi connectivity index (χ2n) is 9.49. The van der Waals surface area contributed by atoms with Gasteiger partial charge in [-0.05, 0) is 56.2 Å². The highest BCUT2D eigenvalue weighted by Gasteiger charge is 2.35. The van der Waals surface area contributed by atoms with Crippen LogP contribution in [0.2, 0.25) is 0 Å². The van der Waals surface area contributed by atoms with Crippen LogP contribution < -0.4 is 21.5 Å². The van der Waals surface area contributed by atoms with Gasteiger partial charge in [-0.2, -0.15) is 11.8 Å². The number of benzene rings is 1. The molecule has 3 aromatic rings. The highest BCUT2D eigenvalue weighted by molar-refractivity contribution is 8.00. The van der Waals surface area contributed by atoms with Gasteiger partial charge in [-0.1, -0.05) is 6.07 Å². The number of nitrogens with zero attached hydrogens (tertiary/aromatic N) is 1. The first kappa shape index (κ1) is 26.8. The molecule has 2 aliphatic rings. The van der Waals surface area contributed by atoms with Gasteiger partial charge in [0.05, 0.1) is 24.4 Å². The molecule has 2 fully saturated rings. The smallest absolute Gasteiger partial charge is 0.464 e. The summed E-state index contributed by atoms with van der Waals surface area (Å²) in [6.07, 6.45) is 1.10. The predicted octanol–water partition coefficient (Wildman–Crippen LogP) is 4.46. The minimum Gasteiger partial charge on any atom is -0.464 e. The molecule has 2 N–H and O–H groups in total. The van der Waals surface area contributed by atoms with Crippen LogP contribution in [0.1, 0.15) is 53.6 Å². The van der Waals surface area contributed by atoms with Gasteiger partial charge in [-0.15, -0.1) is 0 Å². The first-order valence-corrected chi connectivity index (χ1v) is 13.7. The Morgan fingerprint density at radius 2 is 1.92 bits per heavy atom. The lowest BCUT2D eigenvalue weighted by atomic mass is 10.0. The predicted molar refractivity (Wildman–Crippen MR) is 144 cm³/mol. The second kappa shape index (κ2) is 11.1. The van der Waals surface area contributed by atoms with Crippen molar-refractivity contribution in [1.29, 1.82) is 0 Å². The van der Waals surface area contributed by atoms with Gasteiger partial charge >= 0.3 is 6.16 Å². The molecule has 3 heterocycles. The lowest BCUT2D eigenvalue weighted by Gasteiger charge is -2.26. The van der Waals surface area contributed by atoms with Gasteiger partial charge in [0.25, 0.3) is 16.8 Å². The Kier molecular flexibility index (Phi) is 7.65. The number of amides is 1. The molecular formula is C27H28FN3O7S. The van der Waals surface area contributed by atoms with Crippen LogP contribution in [0, 0.1) is 12.7 Å². The maximum atomic E-state index is 15.6. The summed E-state index contributed by atoms with van der Waals surface area (Å²) in [7, 11) is 1.16. The maximum Gasteiger partial charge on any atom is 0.509 e. The number of carbonyl (C=O) groups is 2. The van der Waals surface area contributed by atoms with E-state index in [1.54, 1.807) is 11.8 Å². The zero-order chi connectivity index (χ0) is 27.7. The van der Waals surface area contributed by atoms with E-state index in [2.05, 4.69) is 15.4 Å². The van der Waals surface area contributed by atoms with E-state index in [4.69, 9.17) is 9.15 Å². The largest absolute Gasteiger partial charge is 0.509 e. The number of carbonyl (C=O) groups excluding carboxylic acids is 2. The van der Waals surface area contributed by atoms with Crippen LogP contribution in [0.3, 0.4) is 0 Å². The number of methoxy groups -OCH3 is 1. The Balaban J connectivity index is 1.39. The number of rotatable bonds is 8. The number of thioether (sulfide) groups is 1. The van der Waals surface area contributed by atoms with E-state index in [1.807, 2.05) is 19.1 Å². The van der Waals surface area contributed by atoms with Crippen LogP contribution in [0.15, 0.2) is 44.3 Å². The average molecular weight is 558 g/mol. The van der Waals surface area contributed by atoms with Crippen molar-refractivity contribution in [3.8, 4) is 0 Å². The van der Waals surface area contributed by atoms with Crippen molar-refractivity contribution < 1.29 is 27.9 Å². The number of hydrogen-bond donors (Lipinski definition) is 2. The van der Waals surface area contributed by atoms with E-state index in [1.165, 1.54) is 23.1 Å². The average Bonchev–Trinajstić information content (AvgIpc) is 3.71. The van der Waals surface area contributed by atoms with E-state index in [0.717, 1.165) is 31.5 Å². The van der Waals surface area contributed by atoms with Gasteiger partial charge < -0.3 is 29.4 Å². The molecule has 0 saturated carbocycles. The molecule has 3 atom stereocenters. The summed E-state index contributed by atoms with van der Waals surface area (Å²) in [6, 6.07) is 7.48. The first-order chi connectivity index (χ1) is 18.8. The number of likely N-dealkylation sites (tertiary alicyclic amines) is 1. The number of aryl methyl sites for hydroxylation is 1. The van der Waals surface area contributed by atoms with Crippen LogP contribution >= 0.6 is 11.8 Å².